The highest BCUT2D eigenvalue weighted by molar-refractivity contribution is 5.94. The van der Waals surface area contributed by atoms with Crippen LogP contribution in [0.5, 0.6) is 11.6 Å². The standard InChI is InChI=1S/C18H18N2O4/c1-20-16-11-19-17(23-2)9-15(16)14(10-18(20)22)12-3-5-13(6-4-12)24-8-7-21/h3-6,9-11,21H,7-8H2,1-2H3. The molecule has 0 bridgehead atoms. The van der Waals surface area contributed by atoms with Crippen LogP contribution in [0.4, 0.5) is 0 Å². The Morgan fingerprint density at radius 1 is 1.21 bits per heavy atom. The number of aliphatic hydroxyl groups is 1. The minimum absolute atomic E-state index is 0.0338. The fourth-order valence-electron chi connectivity index (χ4n) is 2.57. The van der Waals surface area contributed by atoms with E-state index in [1.807, 2.05) is 30.3 Å². The van der Waals surface area contributed by atoms with E-state index in [1.54, 1.807) is 31.0 Å². The van der Waals surface area contributed by atoms with Crippen molar-refractivity contribution in [2.45, 2.75) is 0 Å². The van der Waals surface area contributed by atoms with E-state index >= 15 is 0 Å². The predicted octanol–water partition coefficient (Wildman–Crippen LogP) is 1.98. The van der Waals surface area contributed by atoms with Crippen LogP contribution in [0, 0.1) is 0 Å². The highest BCUT2D eigenvalue weighted by Crippen LogP contribution is 2.29. The molecule has 1 aromatic carbocycles. The molecule has 6 heteroatoms. The molecule has 0 saturated heterocycles. The Hall–Kier alpha value is -2.86. The zero-order chi connectivity index (χ0) is 17.1. The Labute approximate surface area is 138 Å². The summed E-state index contributed by atoms with van der Waals surface area (Å²) < 4.78 is 12.1. The summed E-state index contributed by atoms with van der Waals surface area (Å²) in [7, 11) is 3.28. The number of methoxy groups -OCH3 is 1. The van der Waals surface area contributed by atoms with Crippen molar-refractivity contribution in [2.24, 2.45) is 7.05 Å². The number of pyridine rings is 2. The molecule has 2 heterocycles. The molecular formula is C18H18N2O4. The lowest BCUT2D eigenvalue weighted by Gasteiger charge is -2.12. The molecule has 6 nitrogen and oxygen atoms in total. The molecule has 24 heavy (non-hydrogen) atoms. The summed E-state index contributed by atoms with van der Waals surface area (Å²) in [5.74, 6) is 1.16. The van der Waals surface area contributed by atoms with Gasteiger partial charge >= 0.3 is 0 Å². The van der Waals surface area contributed by atoms with Crippen molar-refractivity contribution in [3.8, 4) is 22.8 Å². The Morgan fingerprint density at radius 2 is 1.96 bits per heavy atom. The number of rotatable bonds is 5. The summed E-state index contributed by atoms with van der Waals surface area (Å²) in [6.45, 7) is 0.213. The van der Waals surface area contributed by atoms with Gasteiger partial charge in [-0.25, -0.2) is 4.98 Å². The molecule has 3 rings (SSSR count). The van der Waals surface area contributed by atoms with E-state index in [2.05, 4.69) is 4.98 Å². The minimum Gasteiger partial charge on any atom is -0.491 e. The molecule has 0 spiro atoms. The second-order valence-corrected chi connectivity index (χ2v) is 5.30. The van der Waals surface area contributed by atoms with Crippen LogP contribution in [0.2, 0.25) is 0 Å². The van der Waals surface area contributed by atoms with Crippen molar-refractivity contribution in [2.75, 3.05) is 20.3 Å². The van der Waals surface area contributed by atoms with Crippen molar-refractivity contribution in [1.29, 1.82) is 0 Å². The van der Waals surface area contributed by atoms with Crippen molar-refractivity contribution in [3.05, 3.63) is 52.9 Å². The van der Waals surface area contributed by atoms with Crippen molar-refractivity contribution < 1.29 is 14.6 Å². The Bertz CT molecular complexity index is 917. The monoisotopic (exact) mass is 326 g/mol. The molecule has 0 radical (unpaired) electrons. The lowest BCUT2D eigenvalue weighted by atomic mass is 10.0. The first-order valence-electron chi connectivity index (χ1n) is 7.52. The van der Waals surface area contributed by atoms with Crippen LogP contribution < -0.4 is 15.0 Å². The Balaban J connectivity index is 2.14. The van der Waals surface area contributed by atoms with Crippen molar-refractivity contribution in [3.63, 3.8) is 0 Å². The predicted molar refractivity (Wildman–Crippen MR) is 91.6 cm³/mol. The number of fused-ring (bicyclic) bond motifs is 1. The number of aryl methyl sites for hydroxylation is 1. The van der Waals surface area contributed by atoms with Gasteiger partial charge < -0.3 is 19.1 Å². The van der Waals surface area contributed by atoms with E-state index in [1.165, 1.54) is 0 Å². The molecular weight excluding hydrogens is 308 g/mol. The molecule has 0 saturated carbocycles. The van der Waals surface area contributed by atoms with Crippen LogP contribution in [-0.2, 0) is 7.05 Å². The first kappa shape index (κ1) is 16.0. The fraction of sp³-hybridized carbons (Fsp3) is 0.222. The smallest absolute Gasteiger partial charge is 0.251 e. The molecule has 0 fully saturated rings. The number of aliphatic hydroxyl groups excluding tert-OH is 1. The van der Waals surface area contributed by atoms with Gasteiger partial charge in [-0.2, -0.15) is 0 Å². The molecule has 1 N–H and O–H groups in total. The third kappa shape index (κ3) is 2.96. The lowest BCUT2D eigenvalue weighted by molar-refractivity contribution is 0.201. The zero-order valence-corrected chi connectivity index (χ0v) is 13.5. The van der Waals surface area contributed by atoms with Gasteiger partial charge in [0.05, 0.1) is 25.4 Å². The molecule has 0 aliphatic rings. The first-order chi connectivity index (χ1) is 11.6. The maximum Gasteiger partial charge on any atom is 0.251 e. The number of nitrogens with zero attached hydrogens (tertiary/aromatic N) is 2. The largest absolute Gasteiger partial charge is 0.491 e. The molecule has 3 aromatic rings. The van der Waals surface area contributed by atoms with Crippen molar-refractivity contribution in [1.82, 2.24) is 9.55 Å². The molecule has 2 aromatic heterocycles. The van der Waals surface area contributed by atoms with Gasteiger partial charge in [0, 0.05) is 24.6 Å². The Kier molecular flexibility index (Phi) is 4.48. The lowest BCUT2D eigenvalue weighted by Crippen LogP contribution is -2.16. The van der Waals surface area contributed by atoms with E-state index in [0.717, 1.165) is 22.0 Å². The van der Waals surface area contributed by atoms with Gasteiger partial charge in [0.25, 0.3) is 5.56 Å². The highest BCUT2D eigenvalue weighted by atomic mass is 16.5. The van der Waals surface area contributed by atoms with Crippen LogP contribution in [0.3, 0.4) is 0 Å². The second-order valence-electron chi connectivity index (χ2n) is 5.30. The molecule has 0 aliphatic heterocycles. The van der Waals surface area contributed by atoms with E-state index in [-0.39, 0.29) is 18.8 Å². The number of hydrogen-bond acceptors (Lipinski definition) is 5. The van der Waals surface area contributed by atoms with Gasteiger partial charge in [0.15, 0.2) is 0 Å². The summed E-state index contributed by atoms with van der Waals surface area (Å²) in [4.78, 5) is 16.4. The summed E-state index contributed by atoms with van der Waals surface area (Å²) >= 11 is 0. The normalized spacial score (nSPS) is 10.8. The van der Waals surface area contributed by atoms with Gasteiger partial charge in [0.1, 0.15) is 12.4 Å². The van der Waals surface area contributed by atoms with Gasteiger partial charge in [-0.05, 0) is 23.3 Å². The number of hydrogen-bond donors (Lipinski definition) is 1. The molecule has 0 atom stereocenters. The molecule has 0 aliphatic carbocycles. The van der Waals surface area contributed by atoms with E-state index < -0.39 is 0 Å². The number of aromatic nitrogens is 2. The Morgan fingerprint density at radius 3 is 2.62 bits per heavy atom. The molecule has 0 amide bonds. The molecule has 0 unspecified atom stereocenters. The average molecular weight is 326 g/mol. The summed E-state index contributed by atoms with van der Waals surface area (Å²) in [6, 6.07) is 10.8. The van der Waals surface area contributed by atoms with Gasteiger partial charge in [0.2, 0.25) is 5.88 Å². The third-order valence-electron chi connectivity index (χ3n) is 3.84. The zero-order valence-electron chi connectivity index (χ0n) is 13.5. The van der Waals surface area contributed by atoms with Crippen LogP contribution in [0.1, 0.15) is 0 Å². The quantitative estimate of drug-likeness (QED) is 0.776. The maximum atomic E-state index is 12.2. The maximum absolute atomic E-state index is 12.2. The first-order valence-corrected chi connectivity index (χ1v) is 7.52. The van der Waals surface area contributed by atoms with Crippen molar-refractivity contribution >= 4 is 10.9 Å². The summed E-state index contributed by atoms with van der Waals surface area (Å²) in [6.07, 6.45) is 1.64. The SMILES string of the molecule is COc1cc2c(-c3ccc(OCCO)cc3)cc(=O)n(C)c2cn1. The minimum atomic E-state index is -0.106. The number of benzene rings is 1. The van der Waals surface area contributed by atoms with E-state index in [0.29, 0.717) is 11.6 Å². The molecule has 124 valence electrons. The summed E-state index contributed by atoms with van der Waals surface area (Å²) in [5, 5.41) is 9.69. The van der Waals surface area contributed by atoms with E-state index in [9.17, 15) is 4.79 Å². The van der Waals surface area contributed by atoms with Gasteiger partial charge in [-0.1, -0.05) is 12.1 Å². The highest BCUT2D eigenvalue weighted by Gasteiger charge is 2.11. The fourth-order valence-corrected chi connectivity index (χ4v) is 2.57. The third-order valence-corrected chi connectivity index (χ3v) is 3.84. The van der Waals surface area contributed by atoms with Crippen LogP contribution >= 0.6 is 0 Å². The topological polar surface area (TPSA) is 73.6 Å². The number of ether oxygens (including phenoxy) is 2. The average Bonchev–Trinajstić information content (AvgIpc) is 2.63. The van der Waals surface area contributed by atoms with Crippen LogP contribution in [-0.4, -0.2) is 35.0 Å². The van der Waals surface area contributed by atoms with Gasteiger partial charge in [-0.3, -0.25) is 4.79 Å². The van der Waals surface area contributed by atoms with Crippen LogP contribution in [0.15, 0.2) is 47.4 Å². The van der Waals surface area contributed by atoms with Gasteiger partial charge in [-0.15, -0.1) is 0 Å². The summed E-state index contributed by atoms with van der Waals surface area (Å²) in [5.41, 5.74) is 2.33. The second kappa shape index (κ2) is 6.72. The van der Waals surface area contributed by atoms with E-state index in [4.69, 9.17) is 14.6 Å². The van der Waals surface area contributed by atoms with Crippen LogP contribution in [0.25, 0.3) is 22.0 Å².